The molecule has 0 aliphatic heterocycles. The molecule has 0 radical (unpaired) electrons. The number of hydrogen-bond acceptors (Lipinski definition) is 4. The van der Waals surface area contributed by atoms with E-state index in [2.05, 4.69) is 12.2 Å². The van der Waals surface area contributed by atoms with E-state index in [9.17, 15) is 13.2 Å². The van der Waals surface area contributed by atoms with E-state index in [1.165, 1.54) is 18.2 Å². The van der Waals surface area contributed by atoms with Gasteiger partial charge in [-0.25, -0.2) is 13.2 Å². The zero-order valence-corrected chi connectivity index (χ0v) is 13.3. The van der Waals surface area contributed by atoms with Crippen LogP contribution in [0, 0.1) is 5.92 Å². The van der Waals surface area contributed by atoms with Crippen LogP contribution in [0.15, 0.2) is 35.2 Å². The lowest BCUT2D eigenvalue weighted by Crippen LogP contribution is -2.16. The number of sulfone groups is 1. The summed E-state index contributed by atoms with van der Waals surface area (Å²) in [6.07, 6.45) is 8.15. The lowest BCUT2D eigenvalue weighted by atomic mass is 9.95. The van der Waals surface area contributed by atoms with E-state index in [0.29, 0.717) is 12.5 Å². The van der Waals surface area contributed by atoms with Gasteiger partial charge in [-0.3, -0.25) is 0 Å². The van der Waals surface area contributed by atoms with Crippen LogP contribution in [0.3, 0.4) is 0 Å². The molecule has 0 fully saturated rings. The lowest BCUT2D eigenvalue weighted by Gasteiger charge is -2.17. The minimum absolute atomic E-state index is 0.0550. The molecular weight excluding hydrogens is 312 g/mol. The average Bonchev–Trinajstić information content (AvgIpc) is 2.45. The van der Waals surface area contributed by atoms with Crippen LogP contribution in [0.2, 0.25) is 5.02 Å². The standard InChI is InChI=1S/C15H17ClO4S/c1-21(18,19)12-7-8-14(16)13(9-12)15(17)20-10-11-5-3-2-4-6-11/h2-3,7-9,11H,4-6,10H2,1H3. The molecule has 4 nitrogen and oxygen atoms in total. The van der Waals surface area contributed by atoms with Gasteiger partial charge in [0.15, 0.2) is 9.84 Å². The minimum atomic E-state index is -3.39. The largest absolute Gasteiger partial charge is 0.462 e. The number of benzene rings is 1. The van der Waals surface area contributed by atoms with E-state index < -0.39 is 15.8 Å². The highest BCUT2D eigenvalue weighted by Crippen LogP contribution is 2.23. The van der Waals surface area contributed by atoms with E-state index in [4.69, 9.17) is 16.3 Å². The van der Waals surface area contributed by atoms with Crippen molar-refractivity contribution in [2.24, 2.45) is 5.92 Å². The maximum Gasteiger partial charge on any atom is 0.339 e. The number of allylic oxidation sites excluding steroid dienone is 2. The highest BCUT2D eigenvalue weighted by molar-refractivity contribution is 7.90. The summed E-state index contributed by atoms with van der Waals surface area (Å²) in [6.45, 7) is 0.322. The van der Waals surface area contributed by atoms with Crippen LogP contribution >= 0.6 is 11.6 Å². The predicted octanol–water partition coefficient (Wildman–Crippen LogP) is 3.26. The van der Waals surface area contributed by atoms with Crippen molar-refractivity contribution in [3.63, 3.8) is 0 Å². The van der Waals surface area contributed by atoms with Crippen molar-refractivity contribution in [3.05, 3.63) is 40.9 Å². The fraction of sp³-hybridized carbons (Fsp3) is 0.400. The molecule has 0 saturated carbocycles. The summed E-state index contributed by atoms with van der Waals surface area (Å²) in [4.78, 5) is 12.1. The maximum atomic E-state index is 12.1. The SMILES string of the molecule is CS(=O)(=O)c1ccc(Cl)c(C(=O)OCC2CC=CCC2)c1. The first-order valence-electron chi connectivity index (χ1n) is 6.69. The first kappa shape index (κ1) is 16.0. The van der Waals surface area contributed by atoms with Gasteiger partial charge in [-0.05, 0) is 43.4 Å². The third kappa shape index (κ3) is 4.32. The van der Waals surface area contributed by atoms with Gasteiger partial charge < -0.3 is 4.74 Å². The van der Waals surface area contributed by atoms with Gasteiger partial charge in [-0.1, -0.05) is 23.8 Å². The molecule has 1 atom stereocenters. The average molecular weight is 329 g/mol. The molecule has 1 aromatic carbocycles. The first-order chi connectivity index (χ1) is 9.88. The van der Waals surface area contributed by atoms with Crippen molar-refractivity contribution in [1.82, 2.24) is 0 Å². The molecule has 0 heterocycles. The Morgan fingerprint density at radius 3 is 2.76 bits per heavy atom. The van der Waals surface area contributed by atoms with Crippen molar-refractivity contribution >= 4 is 27.4 Å². The molecule has 0 saturated heterocycles. The van der Waals surface area contributed by atoms with Crippen molar-refractivity contribution in [3.8, 4) is 0 Å². The number of ether oxygens (including phenoxy) is 1. The molecule has 0 aromatic heterocycles. The van der Waals surface area contributed by atoms with Gasteiger partial charge in [0.2, 0.25) is 0 Å². The van der Waals surface area contributed by atoms with Crippen molar-refractivity contribution < 1.29 is 17.9 Å². The third-order valence-electron chi connectivity index (χ3n) is 3.41. The Hall–Kier alpha value is -1.33. The number of rotatable bonds is 4. The van der Waals surface area contributed by atoms with Gasteiger partial charge in [0.25, 0.3) is 0 Å². The molecule has 0 spiro atoms. The van der Waals surface area contributed by atoms with Crippen LogP contribution in [0.25, 0.3) is 0 Å². The van der Waals surface area contributed by atoms with Gasteiger partial charge >= 0.3 is 5.97 Å². The molecule has 1 aliphatic carbocycles. The van der Waals surface area contributed by atoms with Gasteiger partial charge in [0.05, 0.1) is 22.1 Å². The van der Waals surface area contributed by atoms with E-state index in [1.54, 1.807) is 0 Å². The van der Waals surface area contributed by atoms with Gasteiger partial charge in [-0.15, -0.1) is 0 Å². The molecule has 0 N–H and O–H groups in total. The molecule has 1 unspecified atom stereocenters. The summed E-state index contributed by atoms with van der Waals surface area (Å²) < 4.78 is 28.3. The van der Waals surface area contributed by atoms with Gasteiger partial charge in [0, 0.05) is 6.26 Å². The summed E-state index contributed by atoms with van der Waals surface area (Å²) in [5, 5.41) is 0.191. The fourth-order valence-electron chi connectivity index (χ4n) is 2.17. The molecule has 1 aliphatic rings. The molecule has 114 valence electrons. The molecule has 0 bridgehead atoms. The topological polar surface area (TPSA) is 60.4 Å². The number of carbonyl (C=O) groups excluding carboxylic acids is 1. The molecule has 0 amide bonds. The summed E-state index contributed by atoms with van der Waals surface area (Å²) in [6, 6.07) is 4.04. The Morgan fingerprint density at radius 1 is 1.38 bits per heavy atom. The number of hydrogen-bond donors (Lipinski definition) is 0. The molecule has 21 heavy (non-hydrogen) atoms. The van der Waals surface area contributed by atoms with E-state index >= 15 is 0 Å². The van der Waals surface area contributed by atoms with Crippen LogP contribution < -0.4 is 0 Å². The summed E-state index contributed by atoms with van der Waals surface area (Å²) in [5.41, 5.74) is 0.0888. The smallest absolute Gasteiger partial charge is 0.339 e. The third-order valence-corrected chi connectivity index (χ3v) is 4.85. The van der Waals surface area contributed by atoms with E-state index in [1.807, 2.05) is 0 Å². The highest BCUT2D eigenvalue weighted by atomic mass is 35.5. The Balaban J connectivity index is 2.09. The number of carbonyl (C=O) groups is 1. The van der Waals surface area contributed by atoms with Crippen LogP contribution in [0.4, 0.5) is 0 Å². The van der Waals surface area contributed by atoms with Crippen LogP contribution in [-0.2, 0) is 14.6 Å². The summed E-state index contributed by atoms with van der Waals surface area (Å²) in [5.74, 6) is -0.268. The number of esters is 1. The highest BCUT2D eigenvalue weighted by Gasteiger charge is 2.18. The second kappa shape index (κ2) is 6.62. The second-order valence-corrected chi connectivity index (χ2v) is 7.59. The zero-order valence-electron chi connectivity index (χ0n) is 11.7. The van der Waals surface area contributed by atoms with E-state index in [0.717, 1.165) is 25.5 Å². The summed E-state index contributed by atoms with van der Waals surface area (Å²) in [7, 11) is -3.39. The Kier molecular flexibility index (Phi) is 5.06. The quantitative estimate of drug-likeness (QED) is 0.628. The predicted molar refractivity (Wildman–Crippen MR) is 81.3 cm³/mol. The van der Waals surface area contributed by atoms with Crippen molar-refractivity contribution in [1.29, 1.82) is 0 Å². The Bertz CT molecular complexity index is 664. The zero-order chi connectivity index (χ0) is 15.5. The second-order valence-electron chi connectivity index (χ2n) is 5.16. The Labute approximate surface area is 129 Å². The Morgan fingerprint density at radius 2 is 2.14 bits per heavy atom. The molecule has 2 rings (SSSR count). The van der Waals surface area contributed by atoms with Gasteiger partial charge in [-0.2, -0.15) is 0 Å². The van der Waals surface area contributed by atoms with Gasteiger partial charge in [0.1, 0.15) is 0 Å². The van der Waals surface area contributed by atoms with Crippen molar-refractivity contribution in [2.75, 3.05) is 12.9 Å². The number of halogens is 1. The fourth-order valence-corrected chi connectivity index (χ4v) is 3.01. The molecule has 6 heteroatoms. The normalized spacial score (nSPS) is 18.5. The summed E-state index contributed by atoms with van der Waals surface area (Å²) >= 11 is 5.96. The minimum Gasteiger partial charge on any atom is -0.462 e. The van der Waals surface area contributed by atoms with Crippen LogP contribution in [0.1, 0.15) is 29.6 Å². The monoisotopic (exact) mass is 328 g/mol. The molecule has 1 aromatic rings. The van der Waals surface area contributed by atoms with Crippen LogP contribution in [-0.4, -0.2) is 27.2 Å². The lowest BCUT2D eigenvalue weighted by molar-refractivity contribution is 0.0432. The maximum absolute atomic E-state index is 12.1. The van der Waals surface area contributed by atoms with Crippen molar-refractivity contribution in [2.45, 2.75) is 24.2 Å². The van der Waals surface area contributed by atoms with E-state index in [-0.39, 0.29) is 15.5 Å². The van der Waals surface area contributed by atoms with Crippen LogP contribution in [0.5, 0.6) is 0 Å². The first-order valence-corrected chi connectivity index (χ1v) is 8.96. The molecular formula is C15H17ClO4S.